The summed E-state index contributed by atoms with van der Waals surface area (Å²) in [6, 6.07) is 11.5. The molecule has 0 aromatic heterocycles. The number of esters is 1. The Balaban J connectivity index is 2.03. The summed E-state index contributed by atoms with van der Waals surface area (Å²) in [4.78, 5) is 24.2. The summed E-state index contributed by atoms with van der Waals surface area (Å²) in [5.74, 6) is 0.183. The summed E-state index contributed by atoms with van der Waals surface area (Å²) in [7, 11) is 4.32. The molecule has 0 saturated heterocycles. The van der Waals surface area contributed by atoms with E-state index >= 15 is 0 Å². The molecule has 0 aliphatic heterocycles. The monoisotopic (exact) mass is 533 g/mol. The summed E-state index contributed by atoms with van der Waals surface area (Å²) in [5.41, 5.74) is 1.58. The SMILES string of the molecule is COC(=O)c1ccc(NC(=S)N[C@@H](NC(=O)Cc2cc(OC)cc(OC)c2)C(Cl)(Cl)Cl)cc1. The van der Waals surface area contributed by atoms with Crippen molar-refractivity contribution in [2.24, 2.45) is 0 Å². The van der Waals surface area contributed by atoms with E-state index in [4.69, 9.17) is 56.5 Å². The lowest BCUT2D eigenvalue weighted by Crippen LogP contribution is -2.56. The molecule has 0 spiro atoms. The first-order valence-electron chi connectivity index (χ1n) is 9.39. The molecule has 1 amide bonds. The first-order valence-corrected chi connectivity index (χ1v) is 10.9. The van der Waals surface area contributed by atoms with Gasteiger partial charge >= 0.3 is 5.97 Å². The molecule has 8 nitrogen and oxygen atoms in total. The zero-order valence-corrected chi connectivity index (χ0v) is 21.0. The van der Waals surface area contributed by atoms with Gasteiger partial charge in [0.05, 0.1) is 33.3 Å². The second kappa shape index (κ2) is 12.1. The number of carbonyl (C=O) groups is 2. The number of alkyl halides is 3. The fourth-order valence-electron chi connectivity index (χ4n) is 2.67. The van der Waals surface area contributed by atoms with E-state index in [1.807, 2.05) is 0 Å². The van der Waals surface area contributed by atoms with Gasteiger partial charge in [-0.15, -0.1) is 0 Å². The standard InChI is InChI=1S/C21H22Cl3N3O5S/c1-30-15-8-12(9-16(11-15)31-2)10-17(28)26-19(21(22,23)24)27-20(33)25-14-6-4-13(5-7-14)18(29)32-3/h4-9,11,19H,10H2,1-3H3,(H,26,28)(H2,25,27,33)/t19-/m1/s1. The molecule has 0 saturated carbocycles. The molecule has 178 valence electrons. The summed E-state index contributed by atoms with van der Waals surface area (Å²) >= 11 is 23.4. The molecule has 1 atom stereocenters. The number of amides is 1. The maximum Gasteiger partial charge on any atom is 0.337 e. The number of halogens is 3. The second-order valence-electron chi connectivity index (χ2n) is 6.61. The quantitative estimate of drug-likeness (QED) is 0.203. The van der Waals surface area contributed by atoms with Gasteiger partial charge in [-0.3, -0.25) is 4.79 Å². The first-order chi connectivity index (χ1) is 15.5. The van der Waals surface area contributed by atoms with Gasteiger partial charge in [0.1, 0.15) is 17.7 Å². The number of ether oxygens (including phenoxy) is 3. The molecule has 0 bridgehead atoms. The van der Waals surface area contributed by atoms with Gasteiger partial charge in [-0.25, -0.2) is 4.79 Å². The maximum absolute atomic E-state index is 12.6. The van der Waals surface area contributed by atoms with Gasteiger partial charge in [0.2, 0.25) is 9.70 Å². The third-order valence-electron chi connectivity index (χ3n) is 4.25. The highest BCUT2D eigenvalue weighted by Crippen LogP contribution is 2.29. The van der Waals surface area contributed by atoms with Crippen molar-refractivity contribution in [3.63, 3.8) is 0 Å². The van der Waals surface area contributed by atoms with Gasteiger partial charge in [0.15, 0.2) is 5.11 Å². The smallest absolute Gasteiger partial charge is 0.337 e. The Kier molecular flexibility index (Phi) is 9.85. The highest BCUT2D eigenvalue weighted by molar-refractivity contribution is 7.80. The molecule has 0 fully saturated rings. The molecular formula is C21H22Cl3N3O5S. The van der Waals surface area contributed by atoms with Gasteiger partial charge < -0.3 is 30.2 Å². The Morgan fingerprint density at radius 3 is 2.03 bits per heavy atom. The maximum atomic E-state index is 12.6. The van der Waals surface area contributed by atoms with Gasteiger partial charge in [-0.2, -0.15) is 0 Å². The molecule has 0 aliphatic rings. The van der Waals surface area contributed by atoms with Crippen LogP contribution in [-0.2, 0) is 16.0 Å². The minimum atomic E-state index is -1.91. The number of hydrogen-bond acceptors (Lipinski definition) is 6. The molecule has 0 unspecified atom stereocenters. The molecule has 0 aliphatic carbocycles. The van der Waals surface area contributed by atoms with Crippen molar-refractivity contribution in [2.75, 3.05) is 26.6 Å². The highest BCUT2D eigenvalue weighted by Gasteiger charge is 2.34. The average Bonchev–Trinajstić information content (AvgIpc) is 2.77. The number of nitrogens with one attached hydrogen (secondary N) is 3. The number of anilines is 1. The number of hydrogen-bond donors (Lipinski definition) is 3. The van der Waals surface area contributed by atoms with Gasteiger partial charge in [-0.05, 0) is 54.2 Å². The van der Waals surface area contributed by atoms with Crippen LogP contribution in [0.1, 0.15) is 15.9 Å². The Morgan fingerprint density at radius 1 is 0.970 bits per heavy atom. The van der Waals surface area contributed by atoms with E-state index in [2.05, 4.69) is 20.7 Å². The van der Waals surface area contributed by atoms with E-state index in [1.165, 1.54) is 21.3 Å². The van der Waals surface area contributed by atoms with Crippen molar-refractivity contribution in [3.05, 3.63) is 53.6 Å². The number of carbonyl (C=O) groups excluding carboxylic acids is 2. The van der Waals surface area contributed by atoms with Crippen molar-refractivity contribution < 1.29 is 23.8 Å². The highest BCUT2D eigenvalue weighted by atomic mass is 35.6. The van der Waals surface area contributed by atoms with E-state index in [1.54, 1.807) is 42.5 Å². The van der Waals surface area contributed by atoms with Gasteiger partial charge in [-0.1, -0.05) is 34.8 Å². The summed E-state index contributed by atoms with van der Waals surface area (Å²) < 4.78 is 13.2. The van der Waals surface area contributed by atoms with Crippen molar-refractivity contribution in [1.82, 2.24) is 10.6 Å². The first kappa shape index (κ1) is 26.8. The van der Waals surface area contributed by atoms with Crippen molar-refractivity contribution in [1.29, 1.82) is 0 Å². The molecule has 0 heterocycles. The Labute approximate surface area is 211 Å². The summed E-state index contributed by atoms with van der Waals surface area (Å²) in [6.45, 7) is 0. The third-order valence-corrected chi connectivity index (χ3v) is 5.12. The Bertz CT molecular complexity index is 977. The Morgan fingerprint density at radius 2 is 1.55 bits per heavy atom. The lowest BCUT2D eigenvalue weighted by molar-refractivity contribution is -0.121. The number of methoxy groups -OCH3 is 3. The van der Waals surface area contributed by atoms with Crippen LogP contribution < -0.4 is 25.4 Å². The zero-order valence-electron chi connectivity index (χ0n) is 17.9. The number of rotatable bonds is 8. The molecule has 2 aromatic carbocycles. The number of thiocarbonyl (C=S) groups is 1. The third kappa shape index (κ3) is 8.43. The molecule has 12 heteroatoms. The van der Waals surface area contributed by atoms with Crippen LogP contribution in [0.3, 0.4) is 0 Å². The summed E-state index contributed by atoms with van der Waals surface area (Å²) in [6.07, 6.45) is -1.17. The van der Waals surface area contributed by atoms with Crippen molar-refractivity contribution >= 4 is 69.7 Å². The molecule has 0 radical (unpaired) electrons. The fraction of sp³-hybridized carbons (Fsp3) is 0.286. The average molecular weight is 535 g/mol. The minimum absolute atomic E-state index is 0.0261. The van der Waals surface area contributed by atoms with Crippen LogP contribution in [0.5, 0.6) is 11.5 Å². The lowest BCUT2D eigenvalue weighted by atomic mass is 10.1. The van der Waals surface area contributed by atoms with Crippen molar-refractivity contribution in [2.45, 2.75) is 16.4 Å². The molecule has 33 heavy (non-hydrogen) atoms. The molecule has 3 N–H and O–H groups in total. The van der Waals surface area contributed by atoms with Crippen LogP contribution in [0.25, 0.3) is 0 Å². The molecule has 2 aromatic rings. The van der Waals surface area contributed by atoms with Crippen LogP contribution in [0.2, 0.25) is 0 Å². The zero-order chi connectivity index (χ0) is 24.6. The van der Waals surface area contributed by atoms with Crippen molar-refractivity contribution in [3.8, 4) is 11.5 Å². The summed E-state index contributed by atoms with van der Waals surface area (Å²) in [5, 5.41) is 8.35. The predicted molar refractivity (Wildman–Crippen MR) is 133 cm³/mol. The lowest BCUT2D eigenvalue weighted by Gasteiger charge is -2.28. The number of benzene rings is 2. The predicted octanol–water partition coefficient (Wildman–Crippen LogP) is 3.83. The van der Waals surface area contributed by atoms with Crippen LogP contribution >= 0.6 is 47.0 Å². The van der Waals surface area contributed by atoms with E-state index in [0.717, 1.165) is 0 Å². The van der Waals surface area contributed by atoms with E-state index in [9.17, 15) is 9.59 Å². The molecule has 2 rings (SSSR count). The van der Waals surface area contributed by atoms with Crippen LogP contribution in [0, 0.1) is 0 Å². The Hall–Kier alpha value is -2.46. The minimum Gasteiger partial charge on any atom is -0.497 e. The normalized spacial score (nSPS) is 11.7. The largest absolute Gasteiger partial charge is 0.497 e. The molecular weight excluding hydrogens is 513 g/mol. The van der Waals surface area contributed by atoms with E-state index < -0.39 is 21.8 Å². The topological polar surface area (TPSA) is 97.9 Å². The van der Waals surface area contributed by atoms with Crippen LogP contribution in [0.4, 0.5) is 5.69 Å². The fourth-order valence-corrected chi connectivity index (χ4v) is 3.23. The van der Waals surface area contributed by atoms with Crippen LogP contribution in [-0.4, -0.2) is 48.3 Å². The van der Waals surface area contributed by atoms with Gasteiger partial charge in [0.25, 0.3) is 0 Å². The van der Waals surface area contributed by atoms with E-state index in [0.29, 0.717) is 28.3 Å². The second-order valence-corrected chi connectivity index (χ2v) is 9.38. The van der Waals surface area contributed by atoms with E-state index in [-0.39, 0.29) is 11.5 Å². The van der Waals surface area contributed by atoms with Crippen LogP contribution in [0.15, 0.2) is 42.5 Å². The van der Waals surface area contributed by atoms with Gasteiger partial charge in [0, 0.05) is 11.8 Å².